The second-order valence-electron chi connectivity index (χ2n) is 3.20. The molecule has 1 aromatic rings. The highest BCUT2D eigenvalue weighted by Crippen LogP contribution is 2.22. The van der Waals surface area contributed by atoms with Crippen LogP contribution in [-0.2, 0) is 9.53 Å². The number of carbonyl (C=O) groups is 1. The molecule has 0 saturated heterocycles. The van der Waals surface area contributed by atoms with Gasteiger partial charge in [0.1, 0.15) is 5.75 Å². The van der Waals surface area contributed by atoms with Gasteiger partial charge in [0.2, 0.25) is 0 Å². The van der Waals surface area contributed by atoms with Gasteiger partial charge in [-0.15, -0.1) is 13.2 Å². The summed E-state index contributed by atoms with van der Waals surface area (Å²) >= 11 is 0. The van der Waals surface area contributed by atoms with E-state index in [1.165, 1.54) is 24.3 Å². The van der Waals surface area contributed by atoms with Gasteiger partial charge in [0.15, 0.2) is 0 Å². The molecule has 0 atom stereocenters. The summed E-state index contributed by atoms with van der Waals surface area (Å²) in [5, 5.41) is 0. The molecule has 0 spiro atoms. The first-order chi connectivity index (χ1) is 8.40. The lowest BCUT2D eigenvalue weighted by Crippen LogP contribution is -2.16. The van der Waals surface area contributed by atoms with Gasteiger partial charge < -0.3 is 9.47 Å². The third-order valence-corrected chi connectivity index (χ3v) is 1.81. The monoisotopic (exact) mass is 260 g/mol. The zero-order valence-electron chi connectivity index (χ0n) is 9.53. The van der Waals surface area contributed by atoms with Crippen molar-refractivity contribution < 1.29 is 27.4 Å². The fraction of sp³-hybridized carbons (Fsp3) is 0.250. The Morgan fingerprint density at radius 3 is 2.39 bits per heavy atom. The van der Waals surface area contributed by atoms with Crippen LogP contribution in [0.25, 0.3) is 6.08 Å². The molecule has 3 nitrogen and oxygen atoms in total. The maximum absolute atomic E-state index is 11.9. The van der Waals surface area contributed by atoms with Crippen LogP contribution in [-0.4, -0.2) is 18.9 Å². The summed E-state index contributed by atoms with van der Waals surface area (Å²) in [6.07, 6.45) is -2.07. The first-order valence-corrected chi connectivity index (χ1v) is 5.11. The van der Waals surface area contributed by atoms with Crippen molar-refractivity contribution in [3.8, 4) is 5.75 Å². The molecule has 0 N–H and O–H groups in total. The fourth-order valence-electron chi connectivity index (χ4n) is 1.14. The molecule has 0 saturated carbocycles. The Hall–Kier alpha value is -1.98. The summed E-state index contributed by atoms with van der Waals surface area (Å²) in [6, 6.07) is 5.13. The number of carbonyl (C=O) groups excluding carboxylic acids is 1. The van der Waals surface area contributed by atoms with E-state index >= 15 is 0 Å². The van der Waals surface area contributed by atoms with E-state index in [0.29, 0.717) is 5.56 Å². The first kappa shape index (κ1) is 14.1. The Balaban J connectivity index is 2.63. The SMILES string of the molecule is CCOC(=O)C=Cc1ccc(OC(F)(F)F)cc1. The van der Waals surface area contributed by atoms with Gasteiger partial charge in [-0.05, 0) is 30.7 Å². The highest BCUT2D eigenvalue weighted by atomic mass is 19.4. The van der Waals surface area contributed by atoms with Gasteiger partial charge in [0, 0.05) is 6.08 Å². The Labute approximate surface area is 102 Å². The molecule has 18 heavy (non-hydrogen) atoms. The second-order valence-corrected chi connectivity index (χ2v) is 3.20. The van der Waals surface area contributed by atoms with Gasteiger partial charge in [-0.2, -0.15) is 0 Å². The van der Waals surface area contributed by atoms with E-state index in [1.807, 2.05) is 0 Å². The van der Waals surface area contributed by atoms with E-state index in [0.717, 1.165) is 12.1 Å². The van der Waals surface area contributed by atoms with Crippen LogP contribution in [0.4, 0.5) is 13.2 Å². The normalized spacial score (nSPS) is 11.6. The van der Waals surface area contributed by atoms with Gasteiger partial charge in [0.25, 0.3) is 0 Å². The van der Waals surface area contributed by atoms with Crippen LogP contribution in [0.2, 0.25) is 0 Å². The van der Waals surface area contributed by atoms with Gasteiger partial charge >= 0.3 is 12.3 Å². The fourth-order valence-corrected chi connectivity index (χ4v) is 1.14. The van der Waals surface area contributed by atoms with Crippen LogP contribution >= 0.6 is 0 Å². The van der Waals surface area contributed by atoms with E-state index in [9.17, 15) is 18.0 Å². The van der Waals surface area contributed by atoms with E-state index in [1.54, 1.807) is 6.92 Å². The Morgan fingerprint density at radius 2 is 1.89 bits per heavy atom. The van der Waals surface area contributed by atoms with Crippen molar-refractivity contribution in [3.63, 3.8) is 0 Å². The lowest BCUT2D eigenvalue weighted by molar-refractivity contribution is -0.274. The number of rotatable bonds is 4. The molecule has 0 aliphatic carbocycles. The zero-order valence-corrected chi connectivity index (χ0v) is 9.53. The number of hydrogen-bond acceptors (Lipinski definition) is 3. The third kappa shape index (κ3) is 5.38. The van der Waals surface area contributed by atoms with Crippen LogP contribution in [0, 0.1) is 0 Å². The smallest absolute Gasteiger partial charge is 0.463 e. The maximum atomic E-state index is 11.9. The molecule has 0 aliphatic rings. The molecule has 0 fully saturated rings. The summed E-state index contributed by atoms with van der Waals surface area (Å²) in [5.74, 6) is -0.816. The summed E-state index contributed by atoms with van der Waals surface area (Å²) in [4.78, 5) is 11.0. The number of alkyl halides is 3. The maximum Gasteiger partial charge on any atom is 0.573 e. The zero-order chi connectivity index (χ0) is 13.6. The molecule has 98 valence electrons. The first-order valence-electron chi connectivity index (χ1n) is 5.11. The average Bonchev–Trinajstić information content (AvgIpc) is 2.26. The minimum Gasteiger partial charge on any atom is -0.463 e. The van der Waals surface area contributed by atoms with Crippen molar-refractivity contribution in [2.75, 3.05) is 6.61 Å². The number of ether oxygens (including phenoxy) is 2. The molecule has 0 radical (unpaired) electrons. The van der Waals surface area contributed by atoms with Gasteiger partial charge in [-0.1, -0.05) is 12.1 Å². The summed E-state index contributed by atoms with van der Waals surface area (Å²) in [6.45, 7) is 1.94. The van der Waals surface area contributed by atoms with Crippen LogP contribution < -0.4 is 4.74 Å². The number of benzene rings is 1. The Bertz CT molecular complexity index is 421. The predicted molar refractivity (Wildman–Crippen MR) is 58.8 cm³/mol. The predicted octanol–water partition coefficient (Wildman–Crippen LogP) is 3.16. The Morgan fingerprint density at radius 1 is 1.28 bits per heavy atom. The van der Waals surface area contributed by atoms with Crippen molar-refractivity contribution >= 4 is 12.0 Å². The van der Waals surface area contributed by atoms with Gasteiger partial charge in [-0.25, -0.2) is 4.79 Å². The van der Waals surface area contributed by atoms with Crippen molar-refractivity contribution in [1.29, 1.82) is 0 Å². The van der Waals surface area contributed by atoms with Gasteiger partial charge in [-0.3, -0.25) is 0 Å². The van der Waals surface area contributed by atoms with E-state index in [4.69, 9.17) is 0 Å². The van der Waals surface area contributed by atoms with Crippen molar-refractivity contribution in [1.82, 2.24) is 0 Å². The van der Waals surface area contributed by atoms with E-state index in [-0.39, 0.29) is 12.4 Å². The summed E-state index contributed by atoms with van der Waals surface area (Å²) in [5.41, 5.74) is 0.567. The highest BCUT2D eigenvalue weighted by Gasteiger charge is 2.30. The van der Waals surface area contributed by atoms with Crippen LogP contribution in [0.3, 0.4) is 0 Å². The number of hydrogen-bond donors (Lipinski definition) is 0. The highest BCUT2D eigenvalue weighted by molar-refractivity contribution is 5.87. The topological polar surface area (TPSA) is 35.5 Å². The minimum absolute atomic E-state index is 0.265. The van der Waals surface area contributed by atoms with Crippen LogP contribution in [0.5, 0.6) is 5.75 Å². The van der Waals surface area contributed by atoms with Crippen LogP contribution in [0.1, 0.15) is 12.5 Å². The standard InChI is InChI=1S/C12H11F3O3/c1-2-17-11(16)8-5-9-3-6-10(7-4-9)18-12(13,14)15/h3-8H,2H2,1H3. The van der Waals surface area contributed by atoms with Crippen LogP contribution in [0.15, 0.2) is 30.3 Å². The molecule has 1 aromatic carbocycles. The minimum atomic E-state index is -4.71. The molecule has 6 heteroatoms. The van der Waals surface area contributed by atoms with Gasteiger partial charge in [0.05, 0.1) is 6.61 Å². The molecular weight excluding hydrogens is 249 g/mol. The number of esters is 1. The van der Waals surface area contributed by atoms with Crippen molar-refractivity contribution in [3.05, 3.63) is 35.9 Å². The van der Waals surface area contributed by atoms with Crippen molar-refractivity contribution in [2.24, 2.45) is 0 Å². The molecule has 0 amide bonds. The summed E-state index contributed by atoms with van der Waals surface area (Å²) in [7, 11) is 0. The lowest BCUT2D eigenvalue weighted by Gasteiger charge is -2.08. The molecule has 1 rings (SSSR count). The third-order valence-electron chi connectivity index (χ3n) is 1.81. The second kappa shape index (κ2) is 6.09. The largest absolute Gasteiger partial charge is 0.573 e. The molecular formula is C12H11F3O3. The quantitative estimate of drug-likeness (QED) is 0.616. The van der Waals surface area contributed by atoms with E-state index < -0.39 is 12.3 Å². The average molecular weight is 260 g/mol. The molecule has 0 bridgehead atoms. The summed E-state index contributed by atoms with van der Waals surface area (Å²) < 4.78 is 44.0. The Kier molecular flexibility index (Phi) is 4.76. The van der Waals surface area contributed by atoms with Crippen molar-refractivity contribution in [2.45, 2.75) is 13.3 Å². The molecule has 0 heterocycles. The lowest BCUT2D eigenvalue weighted by atomic mass is 10.2. The number of halogens is 3. The molecule has 0 aliphatic heterocycles. The molecule has 0 aromatic heterocycles. The van der Waals surface area contributed by atoms with E-state index in [2.05, 4.69) is 9.47 Å². The molecule has 0 unspecified atom stereocenters.